The highest BCUT2D eigenvalue weighted by molar-refractivity contribution is 5.80. The monoisotopic (exact) mass is 1530 g/mol. The summed E-state index contributed by atoms with van der Waals surface area (Å²) in [5, 5.41) is 0. The molecule has 115 heavy (non-hydrogen) atoms. The van der Waals surface area contributed by atoms with E-state index in [9.17, 15) is 39.5 Å². The van der Waals surface area contributed by atoms with Crippen molar-refractivity contribution in [2.45, 2.75) is 41.5 Å². The van der Waals surface area contributed by atoms with Gasteiger partial charge in [-0.2, -0.15) is 0 Å². The van der Waals surface area contributed by atoms with E-state index < -0.39 is 17.5 Å². The third-order valence-electron chi connectivity index (χ3n) is 20.2. The zero-order valence-electron chi connectivity index (χ0n) is 64.5. The van der Waals surface area contributed by atoms with Gasteiger partial charge in [-0.15, -0.1) is 0 Å². The molecule has 2 nitrogen and oxygen atoms in total. The summed E-state index contributed by atoms with van der Waals surface area (Å²) in [5.74, 6) is -2.95. The van der Waals surface area contributed by atoms with Crippen LogP contribution >= 0.6 is 0 Å². The van der Waals surface area contributed by atoms with Crippen molar-refractivity contribution in [1.82, 2.24) is 0 Å². The molecule has 0 aliphatic heterocycles. The van der Waals surface area contributed by atoms with Crippen molar-refractivity contribution in [2.24, 2.45) is 0 Å². The van der Waals surface area contributed by atoms with Gasteiger partial charge in [0, 0.05) is 50.1 Å². The maximum atomic E-state index is 14.8. The van der Waals surface area contributed by atoms with Gasteiger partial charge in [0.25, 0.3) is 0 Å². The Bertz CT molecular complexity index is 5820. The molecule has 11 heteroatoms. The number of hydrogen-bond donors (Lipinski definition) is 0. The molecule has 0 aliphatic rings. The Labute approximate surface area is 665 Å². The van der Waals surface area contributed by atoms with Crippen LogP contribution in [0.2, 0.25) is 0 Å². The number of halogens is 9. The van der Waals surface area contributed by atoms with E-state index in [1.165, 1.54) is 54.6 Å². The largest absolute Gasteiger partial charge is 0.497 e. The standard InChI is InChI=1S/C26H19F3.2C26H20F2O.C26H20F2/c1-16-3-7-18(8-4-16)21-12-11-20(15-24(21)27)23-14-13-22(25(28)26(23)29)19-9-5-17(2)6-10-19;2*1-17-3-5-18(6-4-17)23-13-9-20(15-25(23)27)21-10-14-24(26(28)16-21)19-7-11-22(29-2)12-8-19;1-17-3-7-19(8-4-17)23-13-11-21(15-25(23)27)22-12-14-24(26(28)16-22)20-9-5-18(2)6-10-20/h3-15H,1-2H3;2*3-16H,1-2H3;3-16H,1-2H3. The van der Waals surface area contributed by atoms with Crippen LogP contribution in [0.1, 0.15) is 33.4 Å². The summed E-state index contributed by atoms with van der Waals surface area (Å²) >= 11 is 0. The lowest BCUT2D eigenvalue weighted by atomic mass is 9.96. The van der Waals surface area contributed by atoms with E-state index >= 15 is 0 Å². The Morgan fingerprint density at radius 2 is 0.278 bits per heavy atom. The molecule has 0 fully saturated rings. The number of aryl methyl sites for hydroxylation is 6. The molecular formula is C104H79F9O2. The quantitative estimate of drug-likeness (QED) is 0.101. The molecule has 0 aromatic heterocycles. The lowest BCUT2D eigenvalue weighted by molar-refractivity contribution is 0.415. The van der Waals surface area contributed by atoms with Crippen LogP contribution in [-0.4, -0.2) is 14.2 Å². The molecule has 0 N–H and O–H groups in total. The highest BCUT2D eigenvalue weighted by Crippen LogP contribution is 2.39. The second-order valence-corrected chi connectivity index (χ2v) is 28.3. The van der Waals surface area contributed by atoms with Crippen LogP contribution in [0, 0.1) is 93.9 Å². The summed E-state index contributed by atoms with van der Waals surface area (Å²) < 4.78 is 143. The molecule has 0 atom stereocenters. The van der Waals surface area contributed by atoms with Crippen LogP contribution in [-0.2, 0) is 0 Å². The van der Waals surface area contributed by atoms with Crippen LogP contribution < -0.4 is 9.47 Å². The van der Waals surface area contributed by atoms with E-state index in [0.717, 1.165) is 83.8 Å². The van der Waals surface area contributed by atoms with Gasteiger partial charge in [0.1, 0.15) is 52.2 Å². The molecule has 570 valence electrons. The van der Waals surface area contributed by atoms with Crippen LogP contribution in [0.25, 0.3) is 134 Å². The van der Waals surface area contributed by atoms with Gasteiger partial charge in [0.05, 0.1) is 14.2 Å². The van der Waals surface area contributed by atoms with Gasteiger partial charge in [-0.1, -0.05) is 300 Å². The first-order valence-corrected chi connectivity index (χ1v) is 37.3. The maximum absolute atomic E-state index is 14.8. The van der Waals surface area contributed by atoms with E-state index in [-0.39, 0.29) is 46.0 Å². The first-order valence-electron chi connectivity index (χ1n) is 37.3. The minimum absolute atomic E-state index is 0.0349. The normalized spacial score (nSPS) is 10.8. The minimum Gasteiger partial charge on any atom is -0.497 e. The summed E-state index contributed by atoms with van der Waals surface area (Å²) in [6, 6.07) is 97.6. The van der Waals surface area contributed by atoms with Crippen molar-refractivity contribution < 1.29 is 49.0 Å². The lowest BCUT2D eigenvalue weighted by Gasteiger charge is -2.11. The Kier molecular flexibility index (Phi) is 24.8. The second-order valence-electron chi connectivity index (χ2n) is 28.3. The van der Waals surface area contributed by atoms with Crippen molar-refractivity contribution in [2.75, 3.05) is 14.2 Å². The Morgan fingerprint density at radius 1 is 0.148 bits per heavy atom. The third-order valence-corrected chi connectivity index (χ3v) is 20.2. The molecule has 0 heterocycles. The molecule has 16 aromatic carbocycles. The van der Waals surface area contributed by atoms with Gasteiger partial charge < -0.3 is 9.47 Å². The van der Waals surface area contributed by atoms with Gasteiger partial charge in [0.15, 0.2) is 11.6 Å². The Morgan fingerprint density at radius 3 is 0.452 bits per heavy atom. The van der Waals surface area contributed by atoms with Gasteiger partial charge >= 0.3 is 0 Å². The summed E-state index contributed by atoms with van der Waals surface area (Å²) in [6.45, 7) is 11.9. The fourth-order valence-electron chi connectivity index (χ4n) is 13.4. The fraction of sp³-hybridized carbons (Fsp3) is 0.0769. The number of benzene rings is 16. The van der Waals surface area contributed by atoms with Crippen molar-refractivity contribution in [3.05, 3.63) is 419 Å². The zero-order valence-corrected chi connectivity index (χ0v) is 64.5. The molecule has 0 aliphatic carbocycles. The zero-order chi connectivity index (χ0) is 81.0. The average molecular weight is 1530 g/mol. The van der Waals surface area contributed by atoms with Crippen molar-refractivity contribution in [3.8, 4) is 145 Å². The average Bonchev–Trinajstić information content (AvgIpc) is 0.795. The van der Waals surface area contributed by atoms with Crippen molar-refractivity contribution in [1.29, 1.82) is 0 Å². The SMILES string of the molecule is COc1ccc(-c2ccc(-c3ccc(-c4ccc(C)cc4)c(F)c3)cc2F)cc1.COc1ccc(-c2ccc(-c3ccc(-c4ccc(C)cc4)c(F)c3)cc2F)cc1.Cc1ccc(-c2ccc(-c3ccc(-c4ccc(C)cc4)c(F)c3)cc2F)cc1.Cc1ccc(-c2ccc(-c3ccc(-c4ccc(C)cc4)c(F)c3F)cc2F)cc1. The molecular weight excluding hydrogens is 1450 g/mol. The molecule has 0 unspecified atom stereocenters. The number of rotatable bonds is 14. The summed E-state index contributed by atoms with van der Waals surface area (Å²) in [4.78, 5) is 0. The minimum atomic E-state index is -0.981. The second kappa shape index (κ2) is 35.9. The summed E-state index contributed by atoms with van der Waals surface area (Å²) in [5.41, 5.74) is 20.7. The summed E-state index contributed by atoms with van der Waals surface area (Å²) in [6.07, 6.45) is 0. The summed E-state index contributed by atoms with van der Waals surface area (Å²) in [7, 11) is 3.18. The molecule has 16 rings (SSSR count). The van der Waals surface area contributed by atoms with E-state index in [0.29, 0.717) is 83.5 Å². The van der Waals surface area contributed by atoms with E-state index in [1.807, 2.05) is 236 Å². The van der Waals surface area contributed by atoms with Crippen LogP contribution in [0.5, 0.6) is 11.5 Å². The van der Waals surface area contributed by atoms with E-state index in [4.69, 9.17) is 9.47 Å². The van der Waals surface area contributed by atoms with Crippen LogP contribution in [0.15, 0.2) is 334 Å². The smallest absolute Gasteiger partial charge is 0.167 e. The Balaban J connectivity index is 0.000000134. The third kappa shape index (κ3) is 19.0. The molecule has 0 saturated carbocycles. The van der Waals surface area contributed by atoms with Crippen molar-refractivity contribution in [3.63, 3.8) is 0 Å². The lowest BCUT2D eigenvalue weighted by Crippen LogP contribution is -1.95. The molecule has 0 amide bonds. The number of ether oxygens (including phenoxy) is 2. The number of hydrogen-bond acceptors (Lipinski definition) is 2. The first kappa shape index (κ1) is 79.6. The van der Waals surface area contributed by atoms with E-state index in [1.54, 1.807) is 99.1 Å². The van der Waals surface area contributed by atoms with Crippen LogP contribution in [0.3, 0.4) is 0 Å². The molecule has 16 aromatic rings. The predicted molar refractivity (Wildman–Crippen MR) is 452 cm³/mol. The Hall–Kier alpha value is -13.5. The van der Waals surface area contributed by atoms with Gasteiger partial charge in [-0.05, 0) is 192 Å². The molecule has 0 spiro atoms. The molecule has 0 saturated heterocycles. The van der Waals surface area contributed by atoms with Crippen molar-refractivity contribution >= 4 is 0 Å². The predicted octanol–water partition coefficient (Wildman–Crippen LogP) is 29.9. The van der Waals surface area contributed by atoms with Crippen LogP contribution in [0.4, 0.5) is 39.5 Å². The van der Waals surface area contributed by atoms with E-state index in [2.05, 4.69) is 0 Å². The van der Waals surface area contributed by atoms with Gasteiger partial charge in [0.2, 0.25) is 0 Å². The number of methoxy groups -OCH3 is 2. The highest BCUT2D eigenvalue weighted by Gasteiger charge is 2.20. The first-order chi connectivity index (χ1) is 55.5. The fourth-order valence-corrected chi connectivity index (χ4v) is 13.4. The topological polar surface area (TPSA) is 18.5 Å². The van der Waals surface area contributed by atoms with Gasteiger partial charge in [-0.3, -0.25) is 0 Å². The maximum Gasteiger partial charge on any atom is 0.167 e. The molecule has 0 bridgehead atoms. The molecule has 0 radical (unpaired) electrons. The van der Waals surface area contributed by atoms with Gasteiger partial charge in [-0.25, -0.2) is 39.5 Å². The highest BCUT2D eigenvalue weighted by atomic mass is 19.2.